The van der Waals surface area contributed by atoms with Gasteiger partial charge in [-0.1, -0.05) is 36.2 Å². The second-order valence-electron chi connectivity index (χ2n) is 2.86. The fraction of sp³-hybridized carbons (Fsp3) is 0.0909. The molecule has 0 aromatic heterocycles. The SMILES string of the molecule is P/C=C\C=C1/COc2ccccc21. The first kappa shape index (κ1) is 8.52. The van der Waals surface area contributed by atoms with Gasteiger partial charge >= 0.3 is 0 Å². The predicted molar refractivity (Wildman–Crippen MR) is 58.8 cm³/mol. The molecule has 2 rings (SSSR count). The van der Waals surface area contributed by atoms with E-state index in [1.165, 1.54) is 11.1 Å². The molecule has 0 saturated heterocycles. The zero-order valence-electron chi connectivity index (χ0n) is 7.23. The van der Waals surface area contributed by atoms with E-state index >= 15 is 0 Å². The van der Waals surface area contributed by atoms with Crippen molar-refractivity contribution >= 4 is 14.8 Å². The first-order valence-electron chi connectivity index (χ1n) is 4.21. The van der Waals surface area contributed by atoms with Crippen LogP contribution in [0.4, 0.5) is 0 Å². The van der Waals surface area contributed by atoms with Crippen LogP contribution >= 0.6 is 9.24 Å². The summed E-state index contributed by atoms with van der Waals surface area (Å²) in [6.07, 6.45) is 4.09. The van der Waals surface area contributed by atoms with Crippen LogP contribution in [0.5, 0.6) is 5.75 Å². The van der Waals surface area contributed by atoms with Gasteiger partial charge < -0.3 is 4.74 Å². The highest BCUT2D eigenvalue weighted by molar-refractivity contribution is 7.20. The smallest absolute Gasteiger partial charge is 0.127 e. The number of fused-ring (bicyclic) bond motifs is 1. The number of hydrogen-bond acceptors (Lipinski definition) is 1. The summed E-state index contributed by atoms with van der Waals surface area (Å²) in [7, 11) is 2.55. The van der Waals surface area contributed by atoms with Gasteiger partial charge in [0.05, 0.1) is 0 Å². The average Bonchev–Trinajstić information content (AvgIpc) is 2.58. The van der Waals surface area contributed by atoms with Crippen molar-refractivity contribution in [2.24, 2.45) is 0 Å². The fourth-order valence-corrected chi connectivity index (χ4v) is 1.51. The summed E-state index contributed by atoms with van der Waals surface area (Å²) in [5.41, 5.74) is 2.46. The second-order valence-corrected chi connectivity index (χ2v) is 3.25. The molecule has 0 saturated carbocycles. The summed E-state index contributed by atoms with van der Waals surface area (Å²) in [5, 5.41) is 0. The van der Waals surface area contributed by atoms with Crippen molar-refractivity contribution in [1.82, 2.24) is 0 Å². The summed E-state index contributed by atoms with van der Waals surface area (Å²) < 4.78 is 5.50. The maximum Gasteiger partial charge on any atom is 0.127 e. The third kappa shape index (κ3) is 1.66. The molecular formula is C11H11OP. The molecule has 0 fully saturated rings. The lowest BCUT2D eigenvalue weighted by Gasteiger charge is -1.94. The lowest BCUT2D eigenvalue weighted by molar-refractivity contribution is 0.388. The Hall–Kier alpha value is -1.07. The minimum absolute atomic E-state index is 0.689. The van der Waals surface area contributed by atoms with E-state index in [2.05, 4.69) is 21.4 Å². The van der Waals surface area contributed by atoms with Crippen LogP contribution in [0.3, 0.4) is 0 Å². The van der Waals surface area contributed by atoms with Gasteiger partial charge in [-0.25, -0.2) is 0 Å². The highest BCUT2D eigenvalue weighted by atomic mass is 31.0. The van der Waals surface area contributed by atoms with Crippen molar-refractivity contribution in [2.75, 3.05) is 6.61 Å². The van der Waals surface area contributed by atoms with Crippen LogP contribution in [-0.2, 0) is 0 Å². The first-order valence-corrected chi connectivity index (χ1v) is 4.88. The molecule has 1 unspecified atom stereocenters. The number of allylic oxidation sites excluding steroid dienone is 2. The Morgan fingerprint density at radius 1 is 1.31 bits per heavy atom. The molecule has 0 bridgehead atoms. The van der Waals surface area contributed by atoms with E-state index in [9.17, 15) is 0 Å². The number of para-hydroxylation sites is 1. The molecule has 1 aromatic carbocycles. The lowest BCUT2D eigenvalue weighted by Crippen LogP contribution is -1.86. The van der Waals surface area contributed by atoms with Gasteiger partial charge in [0.25, 0.3) is 0 Å². The molecule has 0 aliphatic carbocycles. The van der Waals surface area contributed by atoms with E-state index in [0.29, 0.717) is 6.61 Å². The average molecular weight is 190 g/mol. The van der Waals surface area contributed by atoms with Crippen LogP contribution in [0.1, 0.15) is 5.56 Å². The van der Waals surface area contributed by atoms with E-state index in [1.54, 1.807) is 0 Å². The van der Waals surface area contributed by atoms with Crippen LogP contribution in [-0.4, -0.2) is 6.61 Å². The standard InChI is InChI=1S/C11H11OP/c13-7-3-4-9-8-12-11-6-2-1-5-10(9)11/h1-7H,8,13H2/b7-3-,9-4+. The third-order valence-corrected chi connectivity index (χ3v) is 2.25. The summed E-state index contributed by atoms with van der Waals surface area (Å²) in [5.74, 6) is 2.93. The molecule has 1 aliphatic heterocycles. The lowest BCUT2D eigenvalue weighted by atomic mass is 10.1. The summed E-state index contributed by atoms with van der Waals surface area (Å²) >= 11 is 0. The highest BCUT2D eigenvalue weighted by Crippen LogP contribution is 2.32. The predicted octanol–water partition coefficient (Wildman–Crippen LogP) is 2.85. The Bertz CT molecular complexity index is 366. The van der Waals surface area contributed by atoms with Gasteiger partial charge in [0, 0.05) is 11.1 Å². The Labute approximate surface area is 80.3 Å². The van der Waals surface area contributed by atoms with Crippen molar-refractivity contribution < 1.29 is 4.74 Å². The normalized spacial score (nSPS) is 17.8. The molecule has 0 amide bonds. The molecule has 1 aromatic rings. The van der Waals surface area contributed by atoms with Crippen molar-refractivity contribution in [3.8, 4) is 5.75 Å². The van der Waals surface area contributed by atoms with Crippen molar-refractivity contribution in [3.63, 3.8) is 0 Å². The maximum atomic E-state index is 5.50. The van der Waals surface area contributed by atoms with E-state index in [1.807, 2.05) is 30.1 Å². The van der Waals surface area contributed by atoms with Gasteiger partial charge in [-0.05, 0) is 6.07 Å². The van der Waals surface area contributed by atoms with Gasteiger partial charge in [0.2, 0.25) is 0 Å². The minimum Gasteiger partial charge on any atom is -0.488 e. The third-order valence-electron chi connectivity index (χ3n) is 2.02. The van der Waals surface area contributed by atoms with Crippen molar-refractivity contribution in [1.29, 1.82) is 0 Å². The fourth-order valence-electron chi connectivity index (χ4n) is 1.40. The molecule has 1 heterocycles. The zero-order chi connectivity index (χ0) is 9.10. The second kappa shape index (κ2) is 3.76. The highest BCUT2D eigenvalue weighted by Gasteiger charge is 2.15. The molecule has 0 radical (unpaired) electrons. The van der Waals surface area contributed by atoms with Crippen molar-refractivity contribution in [2.45, 2.75) is 0 Å². The number of rotatable bonds is 1. The first-order chi connectivity index (χ1) is 6.42. The molecule has 1 aliphatic rings. The van der Waals surface area contributed by atoms with E-state index < -0.39 is 0 Å². The van der Waals surface area contributed by atoms with Gasteiger partial charge in [-0.2, -0.15) is 0 Å². The largest absolute Gasteiger partial charge is 0.488 e. The molecule has 66 valence electrons. The van der Waals surface area contributed by atoms with E-state index in [-0.39, 0.29) is 0 Å². The van der Waals surface area contributed by atoms with Gasteiger partial charge in [0.15, 0.2) is 0 Å². The quantitative estimate of drug-likeness (QED) is 0.619. The van der Waals surface area contributed by atoms with Crippen LogP contribution in [0.25, 0.3) is 5.57 Å². The Balaban J connectivity index is 2.38. The maximum absolute atomic E-state index is 5.50. The molecule has 13 heavy (non-hydrogen) atoms. The van der Waals surface area contributed by atoms with Crippen molar-refractivity contribution in [3.05, 3.63) is 47.8 Å². The topological polar surface area (TPSA) is 9.23 Å². The Kier molecular flexibility index (Phi) is 2.47. The number of benzene rings is 1. The summed E-state index contributed by atoms with van der Waals surface area (Å²) in [6, 6.07) is 8.12. The molecule has 2 heteroatoms. The summed E-state index contributed by atoms with van der Waals surface area (Å²) in [6.45, 7) is 0.689. The van der Waals surface area contributed by atoms with Gasteiger partial charge in [0.1, 0.15) is 12.4 Å². The monoisotopic (exact) mass is 190 g/mol. The molecular weight excluding hydrogens is 179 g/mol. The van der Waals surface area contributed by atoms with Crippen LogP contribution < -0.4 is 4.74 Å². The van der Waals surface area contributed by atoms with Crippen LogP contribution in [0, 0.1) is 0 Å². The van der Waals surface area contributed by atoms with Gasteiger partial charge in [-0.3, -0.25) is 0 Å². The number of ether oxygens (including phenoxy) is 1. The van der Waals surface area contributed by atoms with Crippen LogP contribution in [0.2, 0.25) is 0 Å². The number of hydrogen-bond donors (Lipinski definition) is 0. The van der Waals surface area contributed by atoms with E-state index in [0.717, 1.165) is 5.75 Å². The Morgan fingerprint density at radius 2 is 2.15 bits per heavy atom. The molecule has 1 atom stereocenters. The zero-order valence-corrected chi connectivity index (χ0v) is 8.39. The minimum atomic E-state index is 0.689. The summed E-state index contributed by atoms with van der Waals surface area (Å²) in [4.78, 5) is 0. The van der Waals surface area contributed by atoms with Crippen LogP contribution in [0.15, 0.2) is 42.2 Å². The van der Waals surface area contributed by atoms with Gasteiger partial charge in [-0.15, -0.1) is 9.24 Å². The Morgan fingerprint density at radius 3 is 3.00 bits per heavy atom. The molecule has 0 N–H and O–H groups in total. The van der Waals surface area contributed by atoms with E-state index in [4.69, 9.17) is 4.74 Å². The molecule has 0 spiro atoms. The molecule has 1 nitrogen and oxygen atoms in total.